The number of carbonyl (C=O) groups is 1. The van der Waals surface area contributed by atoms with E-state index in [-0.39, 0.29) is 17.4 Å². The van der Waals surface area contributed by atoms with Crippen molar-refractivity contribution in [2.75, 3.05) is 0 Å². The number of benzene rings is 1. The second kappa shape index (κ2) is 6.26. The lowest BCUT2D eigenvalue weighted by Gasteiger charge is -2.03. The highest BCUT2D eigenvalue weighted by molar-refractivity contribution is 7.10. The van der Waals surface area contributed by atoms with Gasteiger partial charge in [-0.05, 0) is 31.9 Å². The summed E-state index contributed by atoms with van der Waals surface area (Å²) in [5.74, 6) is -0.00821. The molecule has 0 amide bonds. The van der Waals surface area contributed by atoms with Gasteiger partial charge in [0.05, 0.1) is 6.07 Å². The first-order valence-corrected chi connectivity index (χ1v) is 8.97. The van der Waals surface area contributed by atoms with Crippen LogP contribution in [0, 0.1) is 18.3 Å². The standard InChI is InChI=1S/C19H15N3O2S/c1-11-10-25-19(21-11)14(9-20)16(23)15-17(12-7-8-12)24-18(22-15)13-5-3-2-4-6-13/h2-6,10,12,14H,7-8H2,1H3/t14-/m1/s1. The molecule has 0 saturated heterocycles. The molecule has 1 atom stereocenters. The fourth-order valence-electron chi connectivity index (χ4n) is 2.70. The molecule has 6 heteroatoms. The Morgan fingerprint density at radius 3 is 2.68 bits per heavy atom. The lowest BCUT2D eigenvalue weighted by molar-refractivity contribution is 0.0972. The summed E-state index contributed by atoms with van der Waals surface area (Å²) in [5, 5.41) is 11.9. The SMILES string of the molecule is Cc1csc([C@H](C#N)C(=O)c2nc(-c3ccccc3)oc2C2CC2)n1. The summed E-state index contributed by atoms with van der Waals surface area (Å²) < 4.78 is 5.92. The molecule has 0 N–H and O–H groups in total. The number of hydrogen-bond acceptors (Lipinski definition) is 6. The van der Waals surface area contributed by atoms with Crippen molar-refractivity contribution in [3.05, 3.63) is 57.9 Å². The fraction of sp³-hybridized carbons (Fsp3) is 0.263. The summed E-state index contributed by atoms with van der Waals surface area (Å²) in [7, 11) is 0. The molecular formula is C19H15N3O2S. The largest absolute Gasteiger partial charge is 0.440 e. The zero-order valence-corrected chi connectivity index (χ0v) is 14.4. The van der Waals surface area contributed by atoms with Crippen LogP contribution in [0.2, 0.25) is 0 Å². The number of ketones is 1. The quantitative estimate of drug-likeness (QED) is 0.635. The predicted octanol–water partition coefficient (Wildman–Crippen LogP) is 4.47. The number of Topliss-reactive ketones (excluding diaryl/α,β-unsaturated/α-hetero) is 1. The molecule has 25 heavy (non-hydrogen) atoms. The first-order chi connectivity index (χ1) is 12.2. The monoisotopic (exact) mass is 349 g/mol. The molecule has 0 radical (unpaired) electrons. The Bertz CT molecular complexity index is 964. The van der Waals surface area contributed by atoms with E-state index in [1.807, 2.05) is 42.6 Å². The average molecular weight is 349 g/mol. The van der Waals surface area contributed by atoms with E-state index in [1.54, 1.807) is 0 Å². The van der Waals surface area contributed by atoms with Crippen molar-refractivity contribution in [2.45, 2.75) is 31.6 Å². The van der Waals surface area contributed by atoms with Gasteiger partial charge in [0.1, 0.15) is 10.8 Å². The topological polar surface area (TPSA) is 79.8 Å². The summed E-state index contributed by atoms with van der Waals surface area (Å²) in [6.45, 7) is 1.85. The maximum absolute atomic E-state index is 13.0. The minimum absolute atomic E-state index is 0.223. The molecule has 1 saturated carbocycles. The molecule has 2 aromatic heterocycles. The Hall–Kier alpha value is -2.78. The van der Waals surface area contributed by atoms with Gasteiger partial charge in [0.25, 0.3) is 0 Å². The van der Waals surface area contributed by atoms with E-state index in [1.165, 1.54) is 11.3 Å². The third kappa shape index (κ3) is 2.99. The van der Waals surface area contributed by atoms with Crippen LogP contribution < -0.4 is 0 Å². The average Bonchev–Trinajstić information content (AvgIpc) is 3.24. The van der Waals surface area contributed by atoms with Crippen molar-refractivity contribution in [1.82, 2.24) is 9.97 Å². The molecule has 124 valence electrons. The molecule has 0 unspecified atom stereocenters. The summed E-state index contributed by atoms with van der Waals surface area (Å²) in [6.07, 6.45) is 1.97. The molecule has 1 aliphatic rings. The van der Waals surface area contributed by atoms with Gasteiger partial charge >= 0.3 is 0 Å². The van der Waals surface area contributed by atoms with Crippen LogP contribution in [-0.4, -0.2) is 15.8 Å². The predicted molar refractivity (Wildman–Crippen MR) is 93.4 cm³/mol. The summed E-state index contributed by atoms with van der Waals surface area (Å²) in [5.41, 5.74) is 1.91. The lowest BCUT2D eigenvalue weighted by Crippen LogP contribution is -2.13. The fourth-order valence-corrected chi connectivity index (χ4v) is 3.54. The van der Waals surface area contributed by atoms with Crippen LogP contribution in [0.25, 0.3) is 11.5 Å². The van der Waals surface area contributed by atoms with Crippen LogP contribution in [0.3, 0.4) is 0 Å². The number of hydrogen-bond donors (Lipinski definition) is 0. The van der Waals surface area contributed by atoms with E-state index in [4.69, 9.17) is 4.42 Å². The van der Waals surface area contributed by atoms with Crippen molar-refractivity contribution >= 4 is 17.1 Å². The van der Waals surface area contributed by atoms with E-state index in [0.717, 1.165) is 24.1 Å². The third-order valence-corrected chi connectivity index (χ3v) is 5.16. The van der Waals surface area contributed by atoms with Gasteiger partial charge in [-0.2, -0.15) is 5.26 Å². The Labute approximate surface area is 149 Å². The highest BCUT2D eigenvalue weighted by Crippen LogP contribution is 2.44. The van der Waals surface area contributed by atoms with Crippen LogP contribution in [-0.2, 0) is 0 Å². The summed E-state index contributed by atoms with van der Waals surface area (Å²) >= 11 is 1.33. The number of carbonyl (C=O) groups excluding carboxylic acids is 1. The van der Waals surface area contributed by atoms with E-state index in [9.17, 15) is 10.1 Å². The van der Waals surface area contributed by atoms with Gasteiger partial charge in [-0.1, -0.05) is 18.2 Å². The van der Waals surface area contributed by atoms with Crippen LogP contribution in [0.15, 0.2) is 40.1 Å². The Morgan fingerprint density at radius 2 is 2.08 bits per heavy atom. The third-order valence-electron chi connectivity index (χ3n) is 4.13. The van der Waals surface area contributed by atoms with Crippen molar-refractivity contribution in [3.8, 4) is 17.5 Å². The van der Waals surface area contributed by atoms with Gasteiger partial charge in [-0.25, -0.2) is 9.97 Å². The van der Waals surface area contributed by atoms with Gasteiger partial charge in [-0.15, -0.1) is 11.3 Å². The highest BCUT2D eigenvalue weighted by Gasteiger charge is 2.37. The smallest absolute Gasteiger partial charge is 0.226 e. The van der Waals surface area contributed by atoms with Gasteiger partial charge in [-0.3, -0.25) is 4.79 Å². The molecule has 0 bridgehead atoms. The molecule has 0 aliphatic heterocycles. The zero-order valence-electron chi connectivity index (χ0n) is 13.6. The minimum Gasteiger partial charge on any atom is -0.440 e. The van der Waals surface area contributed by atoms with Gasteiger partial charge < -0.3 is 4.42 Å². The summed E-state index contributed by atoms with van der Waals surface area (Å²) in [6, 6.07) is 11.6. The van der Waals surface area contributed by atoms with Gasteiger partial charge in [0, 0.05) is 22.6 Å². The molecule has 1 aliphatic carbocycles. The number of rotatable bonds is 5. The van der Waals surface area contributed by atoms with Crippen LogP contribution in [0.1, 0.15) is 51.6 Å². The number of nitrogens with zero attached hydrogens (tertiary/aromatic N) is 3. The van der Waals surface area contributed by atoms with Gasteiger partial charge in [0.15, 0.2) is 11.6 Å². The number of oxazole rings is 1. The maximum atomic E-state index is 13.0. The molecule has 3 aromatic rings. The van der Waals surface area contributed by atoms with E-state index in [0.29, 0.717) is 16.7 Å². The molecule has 4 rings (SSSR count). The highest BCUT2D eigenvalue weighted by atomic mass is 32.1. The first-order valence-electron chi connectivity index (χ1n) is 8.09. The maximum Gasteiger partial charge on any atom is 0.226 e. The number of thiazole rings is 1. The molecule has 0 spiro atoms. The molecule has 1 fully saturated rings. The Balaban J connectivity index is 1.75. The number of aryl methyl sites for hydroxylation is 1. The summed E-state index contributed by atoms with van der Waals surface area (Å²) in [4.78, 5) is 21.8. The zero-order chi connectivity index (χ0) is 17.4. The van der Waals surface area contributed by atoms with E-state index < -0.39 is 5.92 Å². The van der Waals surface area contributed by atoms with Crippen LogP contribution >= 0.6 is 11.3 Å². The van der Waals surface area contributed by atoms with E-state index in [2.05, 4.69) is 16.0 Å². The lowest BCUT2D eigenvalue weighted by atomic mass is 10.0. The number of aromatic nitrogens is 2. The van der Waals surface area contributed by atoms with Crippen LogP contribution in [0.4, 0.5) is 0 Å². The second-order valence-electron chi connectivity index (χ2n) is 6.13. The Morgan fingerprint density at radius 1 is 1.32 bits per heavy atom. The minimum atomic E-state index is -0.940. The van der Waals surface area contributed by atoms with Crippen molar-refractivity contribution in [1.29, 1.82) is 5.26 Å². The van der Waals surface area contributed by atoms with Crippen molar-refractivity contribution in [2.24, 2.45) is 0 Å². The molecule has 5 nitrogen and oxygen atoms in total. The Kier molecular flexibility index (Phi) is 3.94. The van der Waals surface area contributed by atoms with Crippen molar-refractivity contribution in [3.63, 3.8) is 0 Å². The molecule has 1 aromatic carbocycles. The van der Waals surface area contributed by atoms with Crippen molar-refractivity contribution < 1.29 is 9.21 Å². The molecule has 2 heterocycles. The van der Waals surface area contributed by atoms with Gasteiger partial charge in [0.2, 0.25) is 11.7 Å². The molecular weight excluding hydrogens is 334 g/mol. The first kappa shape index (κ1) is 15.7. The van der Waals surface area contributed by atoms with Crippen LogP contribution in [0.5, 0.6) is 0 Å². The second-order valence-corrected chi connectivity index (χ2v) is 7.02. The normalized spacial score (nSPS) is 14.9. The number of nitriles is 1. The van der Waals surface area contributed by atoms with E-state index >= 15 is 0 Å².